The van der Waals surface area contributed by atoms with Gasteiger partial charge in [-0.3, -0.25) is 0 Å². The molecular weight excluding hydrogens is 232 g/mol. The van der Waals surface area contributed by atoms with E-state index in [2.05, 4.69) is 0 Å². The Morgan fingerprint density at radius 1 is 1.17 bits per heavy atom. The zero-order valence-electron chi connectivity index (χ0n) is 11.3. The first-order valence-corrected chi connectivity index (χ1v) is 6.13. The Morgan fingerprint density at radius 2 is 1.89 bits per heavy atom. The monoisotopic (exact) mass is 254 g/mol. The summed E-state index contributed by atoms with van der Waals surface area (Å²) in [7, 11) is 1.65. The van der Waals surface area contributed by atoms with Crippen LogP contribution >= 0.6 is 0 Å². The highest BCUT2D eigenvalue weighted by Crippen LogP contribution is 2.22. The zero-order chi connectivity index (χ0) is 13.4. The van der Waals surface area contributed by atoms with E-state index in [-0.39, 0.29) is 0 Å². The molecule has 4 nitrogen and oxygen atoms in total. The molecule has 0 heterocycles. The van der Waals surface area contributed by atoms with Crippen molar-refractivity contribution in [1.82, 2.24) is 0 Å². The summed E-state index contributed by atoms with van der Waals surface area (Å²) < 4.78 is 15.8. The second-order valence-corrected chi connectivity index (χ2v) is 4.15. The lowest BCUT2D eigenvalue weighted by Gasteiger charge is -2.12. The van der Waals surface area contributed by atoms with Crippen molar-refractivity contribution in [3.63, 3.8) is 0 Å². The van der Waals surface area contributed by atoms with E-state index in [9.17, 15) is 5.11 Å². The zero-order valence-corrected chi connectivity index (χ0v) is 11.3. The van der Waals surface area contributed by atoms with Crippen LogP contribution in [-0.2, 0) is 9.47 Å². The third kappa shape index (κ3) is 5.04. The Hall–Kier alpha value is -1.10. The van der Waals surface area contributed by atoms with Gasteiger partial charge in [0.25, 0.3) is 0 Å². The van der Waals surface area contributed by atoms with E-state index in [0.717, 1.165) is 16.9 Å². The maximum absolute atomic E-state index is 9.46. The van der Waals surface area contributed by atoms with Crippen LogP contribution in [0.15, 0.2) is 18.2 Å². The first-order valence-electron chi connectivity index (χ1n) is 6.13. The van der Waals surface area contributed by atoms with E-state index >= 15 is 0 Å². The van der Waals surface area contributed by atoms with Gasteiger partial charge in [-0.25, -0.2) is 0 Å². The summed E-state index contributed by atoms with van der Waals surface area (Å²) in [6.07, 6.45) is -0.449. The summed E-state index contributed by atoms with van der Waals surface area (Å²) in [6, 6.07) is 5.69. The molecule has 0 bridgehead atoms. The fourth-order valence-electron chi connectivity index (χ4n) is 1.55. The second kappa shape index (κ2) is 8.08. The van der Waals surface area contributed by atoms with Gasteiger partial charge in [-0.2, -0.15) is 0 Å². The van der Waals surface area contributed by atoms with Crippen LogP contribution in [0, 0.1) is 6.92 Å². The molecule has 1 rings (SSSR count). The van der Waals surface area contributed by atoms with Crippen molar-refractivity contribution in [2.45, 2.75) is 20.0 Å². The average molecular weight is 254 g/mol. The molecule has 18 heavy (non-hydrogen) atoms. The molecule has 0 saturated heterocycles. The van der Waals surface area contributed by atoms with E-state index < -0.39 is 6.10 Å². The highest BCUT2D eigenvalue weighted by Gasteiger charge is 2.04. The predicted octanol–water partition coefficient (Wildman–Crippen LogP) is 2.09. The van der Waals surface area contributed by atoms with Crippen molar-refractivity contribution < 1.29 is 19.3 Å². The summed E-state index contributed by atoms with van der Waals surface area (Å²) in [4.78, 5) is 0. The number of aryl methyl sites for hydroxylation is 1. The number of ether oxygens (including phenoxy) is 3. The van der Waals surface area contributed by atoms with Crippen molar-refractivity contribution in [3.05, 3.63) is 29.3 Å². The van der Waals surface area contributed by atoms with Crippen LogP contribution in [-0.4, -0.2) is 38.6 Å². The molecular formula is C14H22O4. The molecule has 0 radical (unpaired) electrons. The Morgan fingerprint density at radius 3 is 2.50 bits per heavy atom. The van der Waals surface area contributed by atoms with E-state index in [1.807, 2.05) is 25.1 Å². The number of aliphatic hydroxyl groups excluding tert-OH is 1. The minimum Gasteiger partial charge on any atom is -0.491 e. The lowest BCUT2D eigenvalue weighted by Crippen LogP contribution is -2.10. The number of hydrogen-bond donors (Lipinski definition) is 1. The second-order valence-electron chi connectivity index (χ2n) is 4.15. The van der Waals surface area contributed by atoms with Gasteiger partial charge in [0.05, 0.1) is 25.9 Å². The summed E-state index contributed by atoms with van der Waals surface area (Å²) in [5, 5.41) is 9.46. The Labute approximate surface area is 108 Å². The molecule has 0 fully saturated rings. The molecule has 1 aromatic rings. The first kappa shape index (κ1) is 15.0. The van der Waals surface area contributed by atoms with Crippen molar-refractivity contribution in [3.8, 4) is 5.75 Å². The molecule has 4 heteroatoms. The summed E-state index contributed by atoms with van der Waals surface area (Å²) in [6.45, 7) is 5.95. The fraction of sp³-hybridized carbons (Fsp3) is 0.571. The largest absolute Gasteiger partial charge is 0.491 e. The van der Waals surface area contributed by atoms with Crippen LogP contribution in [0.2, 0.25) is 0 Å². The third-order valence-corrected chi connectivity index (χ3v) is 2.60. The topological polar surface area (TPSA) is 47.9 Å². The molecule has 0 aliphatic heterocycles. The summed E-state index contributed by atoms with van der Waals surface area (Å²) >= 11 is 0. The first-order chi connectivity index (χ1) is 8.65. The maximum atomic E-state index is 9.46. The smallest absolute Gasteiger partial charge is 0.122 e. The average Bonchev–Trinajstić information content (AvgIpc) is 2.35. The van der Waals surface area contributed by atoms with Crippen molar-refractivity contribution in [2.24, 2.45) is 0 Å². The number of aliphatic hydroxyl groups is 1. The van der Waals surface area contributed by atoms with E-state index in [4.69, 9.17) is 14.2 Å². The maximum Gasteiger partial charge on any atom is 0.122 e. The molecule has 1 aromatic carbocycles. The van der Waals surface area contributed by atoms with E-state index in [0.29, 0.717) is 26.4 Å². The van der Waals surface area contributed by atoms with Crippen molar-refractivity contribution >= 4 is 0 Å². The summed E-state index contributed by atoms with van der Waals surface area (Å²) in [5.74, 6) is 0.828. The quantitative estimate of drug-likeness (QED) is 0.722. The van der Waals surface area contributed by atoms with Crippen LogP contribution in [0.5, 0.6) is 5.75 Å². The minimum absolute atomic E-state index is 0.449. The SMILES string of the molecule is COCCOCCOc1ccc([C@@H](C)O)cc1C. The van der Waals surface area contributed by atoms with Crippen LogP contribution in [0.3, 0.4) is 0 Å². The van der Waals surface area contributed by atoms with Gasteiger partial charge in [-0.05, 0) is 37.1 Å². The highest BCUT2D eigenvalue weighted by atomic mass is 16.5. The molecule has 0 aliphatic carbocycles. The van der Waals surface area contributed by atoms with Gasteiger partial charge < -0.3 is 19.3 Å². The molecule has 102 valence electrons. The van der Waals surface area contributed by atoms with Crippen LogP contribution in [0.1, 0.15) is 24.2 Å². The standard InChI is InChI=1S/C14H22O4/c1-11-10-13(12(2)15)4-5-14(11)18-9-8-17-7-6-16-3/h4-5,10,12,15H,6-9H2,1-3H3/t12-/m1/s1. The number of rotatable bonds is 8. The number of hydrogen-bond acceptors (Lipinski definition) is 4. The van der Waals surface area contributed by atoms with Crippen LogP contribution in [0.4, 0.5) is 0 Å². The van der Waals surface area contributed by atoms with Gasteiger partial charge in [-0.1, -0.05) is 6.07 Å². The van der Waals surface area contributed by atoms with Gasteiger partial charge >= 0.3 is 0 Å². The molecule has 0 unspecified atom stereocenters. The van der Waals surface area contributed by atoms with Crippen LogP contribution < -0.4 is 4.74 Å². The molecule has 0 amide bonds. The molecule has 0 aromatic heterocycles. The Kier molecular flexibility index (Phi) is 6.72. The summed E-state index contributed by atoms with van der Waals surface area (Å²) in [5.41, 5.74) is 1.92. The third-order valence-electron chi connectivity index (χ3n) is 2.60. The molecule has 1 N–H and O–H groups in total. The van der Waals surface area contributed by atoms with Gasteiger partial charge in [0.1, 0.15) is 12.4 Å². The fourth-order valence-corrected chi connectivity index (χ4v) is 1.55. The molecule has 0 spiro atoms. The molecule has 0 saturated carbocycles. The molecule has 0 aliphatic rings. The molecule has 1 atom stereocenters. The van der Waals surface area contributed by atoms with E-state index in [1.54, 1.807) is 14.0 Å². The van der Waals surface area contributed by atoms with E-state index in [1.165, 1.54) is 0 Å². The Balaban J connectivity index is 2.34. The van der Waals surface area contributed by atoms with Gasteiger partial charge in [0.2, 0.25) is 0 Å². The lowest BCUT2D eigenvalue weighted by atomic mass is 10.1. The van der Waals surface area contributed by atoms with Crippen molar-refractivity contribution in [2.75, 3.05) is 33.5 Å². The minimum atomic E-state index is -0.449. The number of benzene rings is 1. The lowest BCUT2D eigenvalue weighted by molar-refractivity contribution is 0.0543. The van der Waals surface area contributed by atoms with Crippen molar-refractivity contribution in [1.29, 1.82) is 0 Å². The van der Waals surface area contributed by atoms with Crippen LogP contribution in [0.25, 0.3) is 0 Å². The Bertz CT molecular complexity index is 350. The highest BCUT2D eigenvalue weighted by molar-refractivity contribution is 5.36. The predicted molar refractivity (Wildman–Crippen MR) is 70.0 cm³/mol. The number of methoxy groups -OCH3 is 1. The van der Waals surface area contributed by atoms with Gasteiger partial charge in [-0.15, -0.1) is 0 Å². The van der Waals surface area contributed by atoms with Gasteiger partial charge in [0, 0.05) is 7.11 Å². The normalized spacial score (nSPS) is 12.4. The van der Waals surface area contributed by atoms with Gasteiger partial charge in [0.15, 0.2) is 0 Å².